The third-order valence-electron chi connectivity index (χ3n) is 6.17. The number of carbonyl (C=O) groups is 1. The van der Waals surface area contributed by atoms with Gasteiger partial charge in [-0.2, -0.15) is 0 Å². The fourth-order valence-electron chi connectivity index (χ4n) is 5.85. The largest absolute Gasteiger partial charge is 0.356 e. The molecule has 1 aromatic rings. The monoisotopic (exact) mass is 406 g/mol. The van der Waals surface area contributed by atoms with Crippen molar-refractivity contribution in [3.8, 4) is 0 Å². The van der Waals surface area contributed by atoms with Gasteiger partial charge in [0.05, 0.1) is 0 Å². The number of hydrogen-bond donors (Lipinski definition) is 2. The predicted molar refractivity (Wildman–Crippen MR) is 102 cm³/mol. The molecule has 0 spiro atoms. The average Bonchev–Trinajstić information content (AvgIpc) is 2.52. The van der Waals surface area contributed by atoms with Crippen molar-refractivity contribution < 1.29 is 4.79 Å². The van der Waals surface area contributed by atoms with Crippen LogP contribution in [0.5, 0.6) is 0 Å². The Kier molecular flexibility index (Phi) is 4.73. The first-order valence-corrected chi connectivity index (χ1v) is 10.3. The first-order valence-electron chi connectivity index (χ1n) is 9.51. The van der Waals surface area contributed by atoms with Crippen LogP contribution in [0.3, 0.4) is 0 Å². The maximum absolute atomic E-state index is 12.5. The van der Waals surface area contributed by atoms with Crippen molar-refractivity contribution in [1.82, 2.24) is 15.3 Å². The fourth-order valence-corrected chi connectivity index (χ4v) is 7.36. The SMILES string of the molecule is O=C(CC12CC3CC(CC(Br)(C3)C1)C2)NCCCNc1ncccn1. The van der Waals surface area contributed by atoms with E-state index in [1.54, 1.807) is 18.5 Å². The van der Waals surface area contributed by atoms with Crippen LogP contribution in [0.15, 0.2) is 18.5 Å². The van der Waals surface area contributed by atoms with Crippen LogP contribution in [0.2, 0.25) is 0 Å². The first kappa shape index (κ1) is 17.3. The minimum Gasteiger partial charge on any atom is -0.356 e. The fraction of sp³-hybridized carbons (Fsp3) is 0.737. The highest BCUT2D eigenvalue weighted by molar-refractivity contribution is 9.10. The average molecular weight is 407 g/mol. The number of rotatable bonds is 7. The normalized spacial score (nSPS) is 35.6. The summed E-state index contributed by atoms with van der Waals surface area (Å²) in [4.78, 5) is 20.7. The van der Waals surface area contributed by atoms with Gasteiger partial charge in [-0.1, -0.05) is 15.9 Å². The molecule has 4 fully saturated rings. The Hall–Kier alpha value is -1.17. The highest BCUT2D eigenvalue weighted by Gasteiger charge is 2.57. The van der Waals surface area contributed by atoms with Crippen LogP contribution in [0.25, 0.3) is 0 Å². The van der Waals surface area contributed by atoms with Gasteiger partial charge < -0.3 is 10.6 Å². The molecule has 6 heteroatoms. The summed E-state index contributed by atoms with van der Waals surface area (Å²) in [6.07, 6.45) is 12.8. The van der Waals surface area contributed by atoms with E-state index in [0.29, 0.717) is 23.2 Å². The zero-order valence-electron chi connectivity index (χ0n) is 14.6. The Morgan fingerprint density at radius 2 is 1.88 bits per heavy atom. The summed E-state index contributed by atoms with van der Waals surface area (Å²) in [5, 5.41) is 6.29. The lowest BCUT2D eigenvalue weighted by Crippen LogP contribution is -2.54. The highest BCUT2D eigenvalue weighted by Crippen LogP contribution is 2.65. The van der Waals surface area contributed by atoms with Crippen LogP contribution in [0.4, 0.5) is 5.95 Å². The summed E-state index contributed by atoms with van der Waals surface area (Å²) in [5.41, 5.74) is 0.258. The van der Waals surface area contributed by atoms with Crippen molar-refractivity contribution in [2.45, 2.75) is 55.7 Å². The number of aromatic nitrogens is 2. The first-order chi connectivity index (χ1) is 12.0. The molecule has 4 aliphatic rings. The zero-order chi connectivity index (χ0) is 17.3. The third-order valence-corrected chi connectivity index (χ3v) is 7.10. The predicted octanol–water partition coefficient (Wildman–Crippen LogP) is 3.52. The van der Waals surface area contributed by atoms with Gasteiger partial charge in [0.1, 0.15) is 0 Å². The zero-order valence-corrected chi connectivity index (χ0v) is 16.2. The maximum Gasteiger partial charge on any atom is 0.222 e. The molecule has 4 saturated carbocycles. The molecule has 2 unspecified atom stereocenters. The Morgan fingerprint density at radius 3 is 2.56 bits per heavy atom. The number of halogens is 1. The Morgan fingerprint density at radius 1 is 1.16 bits per heavy atom. The molecule has 1 aromatic heterocycles. The van der Waals surface area contributed by atoms with E-state index < -0.39 is 0 Å². The van der Waals surface area contributed by atoms with Gasteiger partial charge in [-0.25, -0.2) is 9.97 Å². The molecule has 0 aromatic carbocycles. The van der Waals surface area contributed by atoms with Gasteiger partial charge in [-0.15, -0.1) is 0 Å². The summed E-state index contributed by atoms with van der Waals surface area (Å²) in [6, 6.07) is 1.80. The van der Waals surface area contributed by atoms with Crippen molar-refractivity contribution in [3.05, 3.63) is 18.5 Å². The van der Waals surface area contributed by atoms with Gasteiger partial charge in [0.25, 0.3) is 0 Å². The second-order valence-corrected chi connectivity index (χ2v) is 10.2. The number of nitrogens with one attached hydrogen (secondary N) is 2. The highest BCUT2D eigenvalue weighted by atomic mass is 79.9. The van der Waals surface area contributed by atoms with Gasteiger partial charge in [-0.05, 0) is 68.3 Å². The minimum absolute atomic E-state index is 0.231. The Labute approximate surface area is 157 Å². The van der Waals surface area contributed by atoms with Gasteiger partial charge >= 0.3 is 0 Å². The molecule has 0 radical (unpaired) electrons. The molecule has 136 valence electrons. The summed E-state index contributed by atoms with van der Waals surface area (Å²) in [6.45, 7) is 1.48. The lowest BCUT2D eigenvalue weighted by atomic mass is 9.48. The van der Waals surface area contributed by atoms with Crippen LogP contribution in [-0.2, 0) is 4.79 Å². The molecule has 5 nitrogen and oxygen atoms in total. The van der Waals surface area contributed by atoms with Crippen LogP contribution < -0.4 is 10.6 Å². The molecule has 4 aliphatic carbocycles. The number of amides is 1. The maximum atomic E-state index is 12.5. The quantitative estimate of drug-likeness (QED) is 0.536. The standard InChI is InChI=1S/C19H27BrN4O/c20-19-10-14-7-15(11-19)9-18(8-14,13-19)12-16(25)21-3-1-4-22-17-23-5-2-6-24-17/h2,5-6,14-15H,1,3-4,7-13H2,(H,21,25)(H,22,23,24). The molecule has 4 bridgehead atoms. The van der Waals surface area contributed by atoms with Crippen molar-refractivity contribution >= 4 is 27.8 Å². The van der Waals surface area contributed by atoms with Crippen molar-refractivity contribution in [2.24, 2.45) is 17.3 Å². The van der Waals surface area contributed by atoms with E-state index in [9.17, 15) is 4.79 Å². The van der Waals surface area contributed by atoms with E-state index in [2.05, 4.69) is 36.5 Å². The minimum atomic E-state index is 0.231. The van der Waals surface area contributed by atoms with Gasteiger partial charge in [-0.3, -0.25) is 4.79 Å². The molecule has 0 aliphatic heterocycles. The lowest BCUT2D eigenvalue weighted by molar-refractivity contribution is -0.128. The summed E-state index contributed by atoms with van der Waals surface area (Å²) >= 11 is 4.03. The third kappa shape index (κ3) is 3.99. The van der Waals surface area contributed by atoms with Crippen LogP contribution in [-0.4, -0.2) is 33.3 Å². The second-order valence-electron chi connectivity index (χ2n) is 8.49. The van der Waals surface area contributed by atoms with E-state index in [-0.39, 0.29) is 11.3 Å². The molecule has 2 atom stereocenters. The number of hydrogen-bond acceptors (Lipinski definition) is 4. The number of anilines is 1. The van der Waals surface area contributed by atoms with E-state index in [4.69, 9.17) is 0 Å². The van der Waals surface area contributed by atoms with Crippen molar-refractivity contribution in [2.75, 3.05) is 18.4 Å². The van der Waals surface area contributed by atoms with Gasteiger partial charge in [0.15, 0.2) is 0 Å². The number of alkyl halides is 1. The lowest BCUT2D eigenvalue weighted by Gasteiger charge is -2.60. The molecule has 1 heterocycles. The topological polar surface area (TPSA) is 66.9 Å². The summed E-state index contributed by atoms with van der Waals surface area (Å²) < 4.78 is 0.330. The molecule has 5 rings (SSSR count). The second kappa shape index (κ2) is 6.86. The van der Waals surface area contributed by atoms with E-state index in [1.165, 1.54) is 38.5 Å². The van der Waals surface area contributed by atoms with Gasteiger partial charge in [0.2, 0.25) is 11.9 Å². The molecule has 2 N–H and O–H groups in total. The molecular formula is C19H27BrN4O. The molecular weight excluding hydrogens is 380 g/mol. The number of carbonyl (C=O) groups excluding carboxylic acids is 1. The molecule has 1 amide bonds. The Balaban J connectivity index is 1.20. The van der Waals surface area contributed by atoms with Crippen LogP contribution >= 0.6 is 15.9 Å². The Bertz CT molecular complexity index is 609. The van der Waals surface area contributed by atoms with E-state index in [0.717, 1.165) is 24.8 Å². The van der Waals surface area contributed by atoms with Gasteiger partial charge in [0, 0.05) is 36.2 Å². The molecule has 0 saturated heterocycles. The smallest absolute Gasteiger partial charge is 0.222 e. The number of nitrogens with zero attached hydrogens (tertiary/aromatic N) is 2. The summed E-state index contributed by atoms with van der Waals surface area (Å²) in [5.74, 6) is 2.55. The van der Waals surface area contributed by atoms with Crippen molar-refractivity contribution in [1.29, 1.82) is 0 Å². The van der Waals surface area contributed by atoms with E-state index in [1.807, 2.05) is 0 Å². The van der Waals surface area contributed by atoms with E-state index >= 15 is 0 Å². The van der Waals surface area contributed by atoms with Crippen LogP contribution in [0, 0.1) is 17.3 Å². The van der Waals surface area contributed by atoms with Crippen LogP contribution in [0.1, 0.15) is 51.4 Å². The van der Waals surface area contributed by atoms with Crippen molar-refractivity contribution in [3.63, 3.8) is 0 Å². The molecule has 25 heavy (non-hydrogen) atoms. The summed E-state index contributed by atoms with van der Waals surface area (Å²) in [7, 11) is 0.